The third-order valence-corrected chi connectivity index (χ3v) is 4.64. The molecule has 1 aliphatic heterocycles. The summed E-state index contributed by atoms with van der Waals surface area (Å²) in [6.45, 7) is 2.33. The summed E-state index contributed by atoms with van der Waals surface area (Å²) in [5.74, 6) is -0.240. The molecule has 0 amide bonds. The maximum absolute atomic E-state index is 12.9. The Morgan fingerprint density at radius 1 is 1.15 bits per heavy atom. The second-order valence-corrected chi connectivity index (χ2v) is 6.25. The van der Waals surface area contributed by atoms with Crippen LogP contribution in [0, 0.1) is 0 Å². The maximum Gasteiger partial charge on any atom is 1.00 e. The van der Waals surface area contributed by atoms with Gasteiger partial charge in [-0.15, -0.1) is 0 Å². The second-order valence-electron chi connectivity index (χ2n) is 6.25. The molecule has 0 saturated carbocycles. The van der Waals surface area contributed by atoms with E-state index in [-0.39, 0.29) is 46.4 Å². The molecule has 0 fully saturated rings. The van der Waals surface area contributed by atoms with Gasteiger partial charge in [0, 0.05) is 6.54 Å². The van der Waals surface area contributed by atoms with Gasteiger partial charge < -0.3 is 9.67 Å². The molecule has 2 aromatic carbocycles. The fourth-order valence-electron chi connectivity index (χ4n) is 3.44. The van der Waals surface area contributed by atoms with E-state index in [9.17, 15) is 9.90 Å². The third-order valence-electron chi connectivity index (χ3n) is 4.64. The van der Waals surface area contributed by atoms with Gasteiger partial charge in [0.2, 0.25) is 0 Å². The molecule has 0 spiro atoms. The summed E-state index contributed by atoms with van der Waals surface area (Å²) in [5.41, 5.74) is 5.87. The SMILES string of the molecule is C/C(=N\Nc1ccccc1)c1c([O-])c2cccc3c2n(c1=O)CCC3.[Na+]. The fourth-order valence-corrected chi connectivity index (χ4v) is 3.44. The van der Waals surface area contributed by atoms with Crippen LogP contribution in [0.15, 0.2) is 58.4 Å². The molecule has 6 heteroatoms. The van der Waals surface area contributed by atoms with Crippen molar-refractivity contribution in [1.82, 2.24) is 4.57 Å². The first kappa shape index (κ1) is 18.7. The predicted molar refractivity (Wildman–Crippen MR) is 98.3 cm³/mol. The van der Waals surface area contributed by atoms with Gasteiger partial charge in [-0.05, 0) is 42.8 Å². The van der Waals surface area contributed by atoms with Crippen LogP contribution in [0.25, 0.3) is 10.9 Å². The minimum atomic E-state index is -0.249. The molecule has 1 aliphatic rings. The Hall–Kier alpha value is -2.08. The Labute approximate surface area is 173 Å². The molecule has 0 radical (unpaired) electrons. The molecule has 26 heavy (non-hydrogen) atoms. The fraction of sp³-hybridized carbons (Fsp3) is 0.200. The molecule has 2 heterocycles. The van der Waals surface area contributed by atoms with Crippen LogP contribution in [0.3, 0.4) is 0 Å². The van der Waals surface area contributed by atoms with Gasteiger partial charge in [0.1, 0.15) is 0 Å². The van der Waals surface area contributed by atoms with Gasteiger partial charge in [0.15, 0.2) is 0 Å². The van der Waals surface area contributed by atoms with Gasteiger partial charge in [-0.25, -0.2) is 0 Å². The van der Waals surface area contributed by atoms with Crippen molar-refractivity contribution >= 4 is 22.3 Å². The van der Waals surface area contributed by atoms with Crippen LogP contribution in [-0.2, 0) is 13.0 Å². The van der Waals surface area contributed by atoms with Crippen molar-refractivity contribution in [3.05, 3.63) is 70.0 Å². The first-order chi connectivity index (χ1) is 12.2. The van der Waals surface area contributed by atoms with E-state index in [2.05, 4.69) is 10.5 Å². The van der Waals surface area contributed by atoms with Crippen molar-refractivity contribution in [1.29, 1.82) is 0 Å². The van der Waals surface area contributed by atoms with Gasteiger partial charge in [0.25, 0.3) is 5.56 Å². The number of para-hydroxylation sites is 2. The van der Waals surface area contributed by atoms with Crippen LogP contribution in [0.5, 0.6) is 5.75 Å². The normalized spacial score (nSPS) is 13.3. The van der Waals surface area contributed by atoms with E-state index in [0.717, 1.165) is 29.6 Å². The monoisotopic (exact) mass is 355 g/mol. The van der Waals surface area contributed by atoms with Crippen LogP contribution in [0.2, 0.25) is 0 Å². The number of nitrogens with zero attached hydrogens (tertiary/aromatic N) is 2. The molecular formula is C20H18N3NaO2. The van der Waals surface area contributed by atoms with E-state index in [4.69, 9.17) is 0 Å². The van der Waals surface area contributed by atoms with Crippen LogP contribution in [0.1, 0.15) is 24.5 Å². The van der Waals surface area contributed by atoms with E-state index in [1.54, 1.807) is 17.6 Å². The zero-order valence-electron chi connectivity index (χ0n) is 15.0. The van der Waals surface area contributed by atoms with Crippen LogP contribution in [0.4, 0.5) is 5.69 Å². The Morgan fingerprint density at radius 3 is 2.69 bits per heavy atom. The zero-order chi connectivity index (χ0) is 17.4. The summed E-state index contributed by atoms with van der Waals surface area (Å²) in [6.07, 6.45) is 1.81. The third kappa shape index (κ3) is 3.18. The topological polar surface area (TPSA) is 69.5 Å². The van der Waals surface area contributed by atoms with E-state index in [1.807, 2.05) is 42.5 Å². The minimum absolute atomic E-state index is 0. The van der Waals surface area contributed by atoms with Gasteiger partial charge in [-0.3, -0.25) is 10.2 Å². The van der Waals surface area contributed by atoms with Gasteiger partial charge >= 0.3 is 29.6 Å². The summed E-state index contributed by atoms with van der Waals surface area (Å²) in [4.78, 5) is 12.9. The number of hydrazone groups is 1. The molecule has 0 aliphatic carbocycles. The molecule has 0 atom stereocenters. The molecule has 126 valence electrons. The number of hydrogen-bond donors (Lipinski definition) is 1. The van der Waals surface area contributed by atoms with Crippen molar-refractivity contribution in [3.8, 4) is 5.75 Å². The van der Waals surface area contributed by atoms with E-state index in [1.165, 1.54) is 0 Å². The predicted octanol–water partition coefficient (Wildman–Crippen LogP) is -0.139. The summed E-state index contributed by atoms with van der Waals surface area (Å²) >= 11 is 0. The number of aryl methyl sites for hydroxylation is 2. The van der Waals surface area contributed by atoms with Crippen molar-refractivity contribution in [2.75, 3.05) is 5.43 Å². The molecule has 0 bridgehead atoms. The molecular weight excluding hydrogens is 337 g/mol. The van der Waals surface area contributed by atoms with Crippen LogP contribution < -0.4 is 45.6 Å². The van der Waals surface area contributed by atoms with Gasteiger partial charge in [-0.2, -0.15) is 5.10 Å². The quantitative estimate of drug-likeness (QED) is 0.404. The average molecular weight is 355 g/mol. The van der Waals surface area contributed by atoms with Gasteiger partial charge in [0.05, 0.1) is 22.5 Å². The summed E-state index contributed by atoms with van der Waals surface area (Å²) in [7, 11) is 0. The Balaban J connectivity index is 0.00000196. The van der Waals surface area contributed by atoms with Crippen LogP contribution >= 0.6 is 0 Å². The molecule has 1 aromatic heterocycles. The average Bonchev–Trinajstić information content (AvgIpc) is 2.65. The second kappa shape index (κ2) is 7.66. The molecule has 0 saturated heterocycles. The first-order valence-corrected chi connectivity index (χ1v) is 8.38. The van der Waals surface area contributed by atoms with Crippen LogP contribution in [-0.4, -0.2) is 10.3 Å². The standard InChI is InChI=1S/C20H19N3O2.Na/c1-13(21-22-15-9-3-2-4-10-15)17-19(24)16-11-5-7-14-8-6-12-23(18(14)16)20(17)25;/h2-5,7,9-11,22,24H,6,8,12H2,1H3;/q;+1/p-1/b21-13+;. The van der Waals surface area contributed by atoms with E-state index in [0.29, 0.717) is 17.6 Å². The smallest absolute Gasteiger partial charge is 0.871 e. The molecule has 5 nitrogen and oxygen atoms in total. The van der Waals surface area contributed by atoms with E-state index >= 15 is 0 Å². The van der Waals surface area contributed by atoms with Crippen molar-refractivity contribution < 1.29 is 34.7 Å². The number of hydrogen-bond acceptors (Lipinski definition) is 4. The summed E-state index contributed by atoms with van der Waals surface area (Å²) in [6, 6.07) is 15.1. The summed E-state index contributed by atoms with van der Waals surface area (Å²) in [5, 5.41) is 17.8. The van der Waals surface area contributed by atoms with Crippen molar-refractivity contribution in [2.24, 2.45) is 5.10 Å². The molecule has 4 rings (SSSR count). The largest absolute Gasteiger partial charge is 1.00 e. The van der Waals surface area contributed by atoms with E-state index < -0.39 is 0 Å². The Morgan fingerprint density at radius 2 is 1.92 bits per heavy atom. The molecule has 1 N–H and O–H groups in total. The number of benzene rings is 2. The number of pyridine rings is 1. The number of anilines is 1. The number of rotatable bonds is 3. The molecule has 3 aromatic rings. The summed E-state index contributed by atoms with van der Waals surface area (Å²) < 4.78 is 1.73. The maximum atomic E-state index is 12.9. The number of nitrogens with one attached hydrogen (secondary N) is 1. The molecule has 0 unspecified atom stereocenters. The zero-order valence-corrected chi connectivity index (χ0v) is 17.0. The Bertz CT molecular complexity index is 1040. The Kier molecular flexibility index (Phi) is 5.51. The van der Waals surface area contributed by atoms with Gasteiger partial charge in [-0.1, -0.05) is 42.1 Å². The van der Waals surface area contributed by atoms with Crippen molar-refractivity contribution in [2.45, 2.75) is 26.3 Å². The van der Waals surface area contributed by atoms with Crippen molar-refractivity contribution in [3.63, 3.8) is 0 Å². The number of aromatic nitrogens is 1. The first-order valence-electron chi connectivity index (χ1n) is 8.38. The minimum Gasteiger partial charge on any atom is -0.871 e.